The molecule has 0 spiro atoms. The maximum Gasteiger partial charge on any atom is 0.354 e. The molecule has 0 radical (unpaired) electrons. The SMILES string of the molecule is CCn1c(C)c(C(=O)CN(C[C@@H]2CCCO2)C(=O)c2ccco2)c(C)c1C(=O)OC. The number of carbonyl (C=O) groups is 3. The second-order valence-electron chi connectivity index (χ2n) is 7.39. The monoisotopic (exact) mass is 416 g/mol. The normalized spacial score (nSPS) is 15.9. The molecule has 0 aliphatic carbocycles. The standard InChI is InChI=1S/C22H28N2O6/c1-5-24-15(3)19(14(2)20(24)22(27)28-4)17(25)13-23(12-16-8-6-10-29-16)21(26)18-9-7-11-30-18/h7,9,11,16H,5-6,8,10,12-13H2,1-4H3/t16-/m0/s1. The van der Waals surface area contributed by atoms with Crippen LogP contribution in [0.1, 0.15) is 62.4 Å². The second kappa shape index (κ2) is 9.30. The number of amides is 1. The van der Waals surface area contributed by atoms with Gasteiger partial charge in [0, 0.05) is 31.0 Å². The molecular formula is C22H28N2O6. The molecule has 0 aromatic carbocycles. The number of hydrogen-bond acceptors (Lipinski definition) is 6. The Bertz CT molecular complexity index is 922. The van der Waals surface area contributed by atoms with Crippen LogP contribution in [-0.4, -0.2) is 60.0 Å². The fourth-order valence-electron chi connectivity index (χ4n) is 4.12. The highest BCUT2D eigenvalue weighted by atomic mass is 16.5. The lowest BCUT2D eigenvalue weighted by Gasteiger charge is -2.24. The van der Waals surface area contributed by atoms with Crippen molar-refractivity contribution in [1.29, 1.82) is 0 Å². The number of nitrogens with zero attached hydrogens (tertiary/aromatic N) is 2. The van der Waals surface area contributed by atoms with Gasteiger partial charge in [-0.15, -0.1) is 0 Å². The first-order valence-electron chi connectivity index (χ1n) is 10.1. The van der Waals surface area contributed by atoms with Crippen LogP contribution in [0.3, 0.4) is 0 Å². The van der Waals surface area contributed by atoms with Gasteiger partial charge in [-0.25, -0.2) is 4.79 Å². The van der Waals surface area contributed by atoms with Gasteiger partial charge in [-0.2, -0.15) is 0 Å². The molecule has 2 aromatic rings. The molecule has 1 aliphatic heterocycles. The Labute approximate surface area is 175 Å². The summed E-state index contributed by atoms with van der Waals surface area (Å²) in [6, 6.07) is 3.21. The molecule has 1 aliphatic rings. The van der Waals surface area contributed by atoms with Gasteiger partial charge < -0.3 is 23.4 Å². The van der Waals surface area contributed by atoms with Crippen molar-refractivity contribution in [1.82, 2.24) is 9.47 Å². The van der Waals surface area contributed by atoms with Crippen LogP contribution >= 0.6 is 0 Å². The lowest BCUT2D eigenvalue weighted by molar-refractivity contribution is 0.0485. The Morgan fingerprint density at radius 1 is 1.30 bits per heavy atom. The Morgan fingerprint density at radius 2 is 2.07 bits per heavy atom. The summed E-state index contributed by atoms with van der Waals surface area (Å²) in [5.74, 6) is -0.905. The van der Waals surface area contributed by atoms with Gasteiger partial charge in [0.1, 0.15) is 5.69 Å². The van der Waals surface area contributed by atoms with Gasteiger partial charge in [-0.05, 0) is 51.3 Å². The first-order chi connectivity index (χ1) is 14.4. The molecule has 2 aromatic heterocycles. The van der Waals surface area contributed by atoms with Crippen molar-refractivity contribution in [3.63, 3.8) is 0 Å². The fourth-order valence-corrected chi connectivity index (χ4v) is 4.12. The summed E-state index contributed by atoms with van der Waals surface area (Å²) in [5.41, 5.74) is 2.06. The number of ether oxygens (including phenoxy) is 2. The van der Waals surface area contributed by atoms with E-state index in [1.54, 1.807) is 30.5 Å². The van der Waals surface area contributed by atoms with E-state index in [9.17, 15) is 14.4 Å². The molecule has 0 saturated carbocycles. The van der Waals surface area contributed by atoms with E-state index in [0.29, 0.717) is 42.2 Å². The maximum absolute atomic E-state index is 13.3. The summed E-state index contributed by atoms with van der Waals surface area (Å²) in [4.78, 5) is 40.0. The predicted octanol–water partition coefficient (Wildman–Crippen LogP) is 3.01. The third-order valence-corrected chi connectivity index (χ3v) is 5.54. The number of ketones is 1. The van der Waals surface area contributed by atoms with Gasteiger partial charge in [0.15, 0.2) is 11.5 Å². The van der Waals surface area contributed by atoms with E-state index >= 15 is 0 Å². The van der Waals surface area contributed by atoms with E-state index < -0.39 is 5.97 Å². The van der Waals surface area contributed by atoms with E-state index in [1.165, 1.54) is 18.3 Å². The molecule has 1 fully saturated rings. The molecule has 1 amide bonds. The number of methoxy groups -OCH3 is 1. The molecule has 8 nitrogen and oxygen atoms in total. The van der Waals surface area contributed by atoms with E-state index in [2.05, 4.69) is 0 Å². The van der Waals surface area contributed by atoms with E-state index in [-0.39, 0.29) is 30.1 Å². The molecule has 30 heavy (non-hydrogen) atoms. The van der Waals surface area contributed by atoms with Crippen molar-refractivity contribution in [2.24, 2.45) is 0 Å². The van der Waals surface area contributed by atoms with Crippen molar-refractivity contribution in [2.45, 2.75) is 46.3 Å². The highest BCUT2D eigenvalue weighted by molar-refractivity contribution is 6.05. The van der Waals surface area contributed by atoms with Crippen molar-refractivity contribution in [3.8, 4) is 0 Å². The van der Waals surface area contributed by atoms with Crippen LogP contribution < -0.4 is 0 Å². The van der Waals surface area contributed by atoms with Crippen molar-refractivity contribution in [2.75, 3.05) is 26.8 Å². The highest BCUT2D eigenvalue weighted by Crippen LogP contribution is 2.25. The molecule has 0 unspecified atom stereocenters. The zero-order valence-electron chi connectivity index (χ0n) is 17.9. The number of Topliss-reactive ketones (excluding diaryl/α,β-unsaturated/α-hetero) is 1. The number of carbonyl (C=O) groups excluding carboxylic acids is 3. The van der Waals surface area contributed by atoms with Crippen molar-refractivity contribution in [3.05, 3.63) is 46.7 Å². The van der Waals surface area contributed by atoms with Crippen LogP contribution in [0, 0.1) is 13.8 Å². The molecule has 8 heteroatoms. The van der Waals surface area contributed by atoms with Gasteiger partial charge in [0.25, 0.3) is 5.91 Å². The lowest BCUT2D eigenvalue weighted by Crippen LogP contribution is -2.40. The van der Waals surface area contributed by atoms with Crippen LogP contribution in [0.5, 0.6) is 0 Å². The maximum atomic E-state index is 13.3. The third kappa shape index (κ3) is 4.18. The molecule has 162 valence electrons. The molecule has 1 saturated heterocycles. The van der Waals surface area contributed by atoms with E-state index in [0.717, 1.165) is 12.8 Å². The summed E-state index contributed by atoms with van der Waals surface area (Å²) >= 11 is 0. The second-order valence-corrected chi connectivity index (χ2v) is 7.39. The van der Waals surface area contributed by atoms with Crippen molar-refractivity contribution >= 4 is 17.7 Å². The number of hydrogen-bond donors (Lipinski definition) is 0. The van der Waals surface area contributed by atoms with Gasteiger partial charge in [0.05, 0.1) is 26.0 Å². The summed E-state index contributed by atoms with van der Waals surface area (Å²) in [6.45, 7) is 6.79. The van der Waals surface area contributed by atoms with Crippen LogP contribution in [0.4, 0.5) is 0 Å². The topological polar surface area (TPSA) is 91.0 Å². The van der Waals surface area contributed by atoms with E-state index in [1.807, 2.05) is 6.92 Å². The molecule has 3 heterocycles. The van der Waals surface area contributed by atoms with Crippen molar-refractivity contribution < 1.29 is 28.3 Å². The number of rotatable bonds is 8. The predicted molar refractivity (Wildman–Crippen MR) is 109 cm³/mol. The fraction of sp³-hybridized carbons (Fsp3) is 0.500. The number of aromatic nitrogens is 1. The molecule has 0 N–H and O–H groups in total. The molecular weight excluding hydrogens is 388 g/mol. The smallest absolute Gasteiger partial charge is 0.354 e. The Balaban J connectivity index is 1.91. The zero-order chi connectivity index (χ0) is 21.8. The number of furan rings is 1. The molecule has 0 bridgehead atoms. The van der Waals surface area contributed by atoms with Crippen LogP contribution in [0.15, 0.2) is 22.8 Å². The van der Waals surface area contributed by atoms with E-state index in [4.69, 9.17) is 13.9 Å². The average molecular weight is 416 g/mol. The summed E-state index contributed by atoms with van der Waals surface area (Å²) in [5, 5.41) is 0. The largest absolute Gasteiger partial charge is 0.464 e. The van der Waals surface area contributed by atoms with Gasteiger partial charge in [-0.1, -0.05) is 0 Å². The minimum atomic E-state index is -0.487. The zero-order valence-corrected chi connectivity index (χ0v) is 17.9. The minimum absolute atomic E-state index is 0.107. The van der Waals surface area contributed by atoms with Gasteiger partial charge in [0.2, 0.25) is 0 Å². The Hall–Kier alpha value is -2.87. The highest BCUT2D eigenvalue weighted by Gasteiger charge is 2.30. The molecule has 1 atom stereocenters. The van der Waals surface area contributed by atoms with Gasteiger partial charge in [-0.3, -0.25) is 9.59 Å². The lowest BCUT2D eigenvalue weighted by atomic mass is 10.0. The van der Waals surface area contributed by atoms with Gasteiger partial charge >= 0.3 is 5.97 Å². The summed E-state index contributed by atoms with van der Waals surface area (Å²) in [7, 11) is 1.32. The minimum Gasteiger partial charge on any atom is -0.464 e. The summed E-state index contributed by atoms with van der Waals surface area (Å²) < 4.78 is 17.6. The quantitative estimate of drug-likeness (QED) is 0.485. The third-order valence-electron chi connectivity index (χ3n) is 5.54. The summed E-state index contributed by atoms with van der Waals surface area (Å²) in [6.07, 6.45) is 3.09. The first kappa shape index (κ1) is 21.8. The Kier molecular flexibility index (Phi) is 6.77. The average Bonchev–Trinajstić information content (AvgIpc) is 3.47. The first-order valence-corrected chi connectivity index (χ1v) is 10.1. The van der Waals surface area contributed by atoms with Crippen LogP contribution in [-0.2, 0) is 16.0 Å². The number of esters is 1. The Morgan fingerprint density at radius 3 is 2.63 bits per heavy atom. The van der Waals surface area contributed by atoms with Crippen LogP contribution in [0.25, 0.3) is 0 Å². The molecule has 3 rings (SSSR count). The van der Waals surface area contributed by atoms with Crippen LogP contribution in [0.2, 0.25) is 0 Å².